The Bertz CT molecular complexity index is 2920. The van der Waals surface area contributed by atoms with E-state index >= 15 is 0 Å². The highest BCUT2D eigenvalue weighted by molar-refractivity contribution is 6.42. The molecule has 0 radical (unpaired) electrons. The van der Waals surface area contributed by atoms with E-state index in [0.29, 0.717) is 120 Å². The highest BCUT2D eigenvalue weighted by atomic mass is 35.5. The number of ether oxygens (including phenoxy) is 4. The predicted octanol–water partition coefficient (Wildman–Crippen LogP) is 13.2. The minimum absolute atomic E-state index is 0.0125. The lowest BCUT2D eigenvalue weighted by molar-refractivity contribution is 0.0453. The Morgan fingerprint density at radius 2 is 1.16 bits per heavy atom. The summed E-state index contributed by atoms with van der Waals surface area (Å²) in [5.41, 5.74) is 6.31. The number of nitrogens with one attached hydrogen (secondary N) is 2. The van der Waals surface area contributed by atoms with Gasteiger partial charge in [-0.05, 0) is 60.7 Å². The van der Waals surface area contributed by atoms with Gasteiger partial charge in [0.15, 0.2) is 23.0 Å². The average molecular weight is 935 g/mol. The van der Waals surface area contributed by atoms with Crippen LogP contribution in [0.3, 0.4) is 0 Å². The summed E-state index contributed by atoms with van der Waals surface area (Å²) >= 11 is 24.6. The number of fused-ring (bicyclic) bond motifs is 2. The van der Waals surface area contributed by atoms with Gasteiger partial charge in [-0.1, -0.05) is 72.7 Å². The van der Waals surface area contributed by atoms with Crippen molar-refractivity contribution in [3.05, 3.63) is 166 Å². The maximum atomic E-state index is 7.59. The molecule has 2 aromatic heterocycles. The molecular formula is C48H40Cl4N8O4. The SMILES string of the molecule is [C-]#[N+]c1cnc2cc(OC)c(OC3CN(C(=C)C=C)C3)cc2c1Nc1ccc(Cl)c(Cl)c1.[C-]#[N+]c1cnc2cc(OC)c(OC3CN(C(=C)C=C)C3)cc2c1Nc1ccc(Cl)cc1Cl. The molecule has 0 unspecified atom stereocenters. The van der Waals surface area contributed by atoms with Crippen LogP contribution in [0.1, 0.15) is 0 Å². The average Bonchev–Trinajstić information content (AvgIpc) is 3.27. The Kier molecular flexibility index (Phi) is 13.9. The van der Waals surface area contributed by atoms with Crippen molar-refractivity contribution in [2.45, 2.75) is 12.2 Å². The molecular weight excluding hydrogens is 894 g/mol. The van der Waals surface area contributed by atoms with E-state index in [4.69, 9.17) is 78.5 Å². The number of hydrogen-bond acceptors (Lipinski definition) is 10. The van der Waals surface area contributed by atoms with E-state index in [2.05, 4.69) is 66.4 Å². The van der Waals surface area contributed by atoms with Crippen molar-refractivity contribution >= 4 is 102 Å². The van der Waals surface area contributed by atoms with E-state index in [9.17, 15) is 0 Å². The van der Waals surface area contributed by atoms with Crippen molar-refractivity contribution in [2.24, 2.45) is 0 Å². The molecule has 16 heteroatoms. The van der Waals surface area contributed by atoms with Crippen LogP contribution in [0.2, 0.25) is 20.1 Å². The van der Waals surface area contributed by atoms with Gasteiger partial charge >= 0.3 is 0 Å². The van der Waals surface area contributed by atoms with Gasteiger partial charge in [0.1, 0.15) is 12.2 Å². The summed E-state index contributed by atoms with van der Waals surface area (Å²) in [6.45, 7) is 33.4. The molecule has 2 aliphatic rings. The topological polar surface area (TPSA) is 102 Å². The number of aromatic nitrogens is 2. The fourth-order valence-electron chi connectivity index (χ4n) is 6.87. The standard InChI is InChI=1S/2C24H20Cl2N4O2/c1-5-14(2)30-12-16(13-30)32-23-9-17-20(10-22(23)31-4)28-11-21(27-3)24(17)29-19-7-6-15(25)8-18(19)26;1-5-14(2)30-12-16(13-30)32-23-9-17-20(10-22(23)31-4)28-11-21(27-3)24(17)29-15-6-7-18(25)19(26)8-15/h2*5-11,16H,1-2,12-13H2,4H3,(H,28,29). The molecule has 0 spiro atoms. The monoisotopic (exact) mass is 932 g/mol. The molecule has 12 nitrogen and oxygen atoms in total. The van der Waals surface area contributed by atoms with Crippen LogP contribution in [0.25, 0.3) is 31.5 Å². The van der Waals surface area contributed by atoms with E-state index in [1.165, 1.54) is 12.4 Å². The van der Waals surface area contributed by atoms with E-state index in [1.54, 1.807) is 74.9 Å². The second-order valence-corrected chi connectivity index (χ2v) is 16.1. The van der Waals surface area contributed by atoms with Crippen LogP contribution >= 0.6 is 46.4 Å². The minimum Gasteiger partial charge on any atom is -0.493 e. The van der Waals surface area contributed by atoms with Crippen molar-refractivity contribution in [1.29, 1.82) is 0 Å². The third-order valence-electron chi connectivity index (χ3n) is 10.5. The number of methoxy groups -OCH3 is 2. The third kappa shape index (κ3) is 9.71. The van der Waals surface area contributed by atoms with Gasteiger partial charge in [-0.25, -0.2) is 9.69 Å². The Morgan fingerprint density at radius 3 is 1.59 bits per heavy atom. The second kappa shape index (κ2) is 19.7. The van der Waals surface area contributed by atoms with Crippen LogP contribution in [0.4, 0.5) is 34.1 Å². The lowest BCUT2D eigenvalue weighted by Gasteiger charge is -2.41. The predicted molar refractivity (Wildman–Crippen MR) is 259 cm³/mol. The molecule has 0 amide bonds. The van der Waals surface area contributed by atoms with Crippen molar-refractivity contribution < 1.29 is 18.9 Å². The number of nitrogens with zero attached hydrogens (tertiary/aromatic N) is 6. The van der Waals surface area contributed by atoms with Crippen molar-refractivity contribution in [2.75, 3.05) is 51.0 Å². The number of benzene rings is 4. The Hall–Kier alpha value is -6.80. The summed E-state index contributed by atoms with van der Waals surface area (Å²) in [6, 6.07) is 17.6. The number of hydrogen-bond donors (Lipinski definition) is 2. The second-order valence-electron chi connectivity index (χ2n) is 14.5. The Morgan fingerprint density at radius 1 is 0.656 bits per heavy atom. The highest BCUT2D eigenvalue weighted by Crippen LogP contribution is 2.44. The molecule has 4 aromatic carbocycles. The number of halogens is 4. The number of rotatable bonds is 14. The molecule has 0 saturated carbocycles. The van der Waals surface area contributed by atoms with Gasteiger partial charge in [0, 0.05) is 57.4 Å². The zero-order valence-corrected chi connectivity index (χ0v) is 37.7. The molecule has 324 valence electrons. The molecule has 2 fully saturated rings. The van der Waals surface area contributed by atoms with Crippen LogP contribution in [0.15, 0.2) is 123 Å². The smallest absolute Gasteiger partial charge is 0.228 e. The molecule has 0 aliphatic carbocycles. The molecule has 4 heterocycles. The number of allylic oxidation sites excluding steroid dienone is 2. The third-order valence-corrected chi connectivity index (χ3v) is 11.7. The molecule has 2 N–H and O–H groups in total. The van der Waals surface area contributed by atoms with Gasteiger partial charge < -0.3 is 39.4 Å². The van der Waals surface area contributed by atoms with Gasteiger partial charge in [0.25, 0.3) is 0 Å². The molecule has 6 aromatic rings. The molecule has 0 bridgehead atoms. The van der Waals surface area contributed by atoms with Gasteiger partial charge in [-0.15, -0.1) is 0 Å². The summed E-state index contributed by atoms with van der Waals surface area (Å²) in [4.78, 5) is 20.3. The fraction of sp³-hybridized carbons (Fsp3) is 0.167. The molecule has 2 saturated heterocycles. The largest absolute Gasteiger partial charge is 0.493 e. The maximum Gasteiger partial charge on any atom is 0.228 e. The normalized spacial score (nSPS) is 13.2. The summed E-state index contributed by atoms with van der Waals surface area (Å²) in [5.74, 6) is 2.29. The first-order chi connectivity index (χ1) is 30.9. The van der Waals surface area contributed by atoms with E-state index < -0.39 is 0 Å². The van der Waals surface area contributed by atoms with Crippen LogP contribution in [0.5, 0.6) is 23.0 Å². The summed E-state index contributed by atoms with van der Waals surface area (Å²) in [7, 11) is 3.17. The summed E-state index contributed by atoms with van der Waals surface area (Å²) in [5, 5.41) is 9.84. The van der Waals surface area contributed by atoms with Crippen LogP contribution < -0.4 is 29.6 Å². The van der Waals surface area contributed by atoms with E-state index in [0.717, 1.165) is 16.8 Å². The number of anilines is 4. The van der Waals surface area contributed by atoms with Crippen molar-refractivity contribution in [3.8, 4) is 23.0 Å². The van der Waals surface area contributed by atoms with Crippen molar-refractivity contribution in [3.63, 3.8) is 0 Å². The Labute approximate surface area is 391 Å². The van der Waals surface area contributed by atoms with Crippen LogP contribution in [-0.4, -0.2) is 72.4 Å². The first kappa shape index (κ1) is 45.2. The van der Waals surface area contributed by atoms with Gasteiger partial charge in [-0.2, -0.15) is 0 Å². The van der Waals surface area contributed by atoms with E-state index in [1.807, 2.05) is 12.1 Å². The minimum atomic E-state index is -0.0165. The molecule has 64 heavy (non-hydrogen) atoms. The molecule has 0 atom stereocenters. The lowest BCUT2D eigenvalue weighted by atomic mass is 10.1. The number of pyridine rings is 2. The zero-order valence-electron chi connectivity index (χ0n) is 34.7. The number of likely N-dealkylation sites (tertiary alicyclic amines) is 2. The van der Waals surface area contributed by atoms with Crippen LogP contribution in [0, 0.1) is 13.1 Å². The maximum absolute atomic E-state index is 7.59. The van der Waals surface area contributed by atoms with E-state index in [-0.39, 0.29) is 12.2 Å². The summed E-state index contributed by atoms with van der Waals surface area (Å²) in [6.07, 6.45) is 6.47. The summed E-state index contributed by atoms with van der Waals surface area (Å²) < 4.78 is 23.5. The van der Waals surface area contributed by atoms with Gasteiger partial charge in [0.2, 0.25) is 11.4 Å². The first-order valence-electron chi connectivity index (χ1n) is 19.5. The zero-order chi connectivity index (χ0) is 45.7. The lowest BCUT2D eigenvalue weighted by Crippen LogP contribution is -2.52. The van der Waals surface area contributed by atoms with Crippen LogP contribution in [-0.2, 0) is 0 Å². The first-order valence-corrected chi connectivity index (χ1v) is 21.0. The fourth-order valence-corrected chi connectivity index (χ4v) is 7.62. The molecule has 8 rings (SSSR count). The van der Waals surface area contributed by atoms with Crippen molar-refractivity contribution in [1.82, 2.24) is 19.8 Å². The van der Waals surface area contributed by atoms with Gasteiger partial charge in [0.05, 0.1) is 96.7 Å². The quantitative estimate of drug-likeness (QED) is 0.0811. The molecule has 2 aliphatic heterocycles. The Balaban J connectivity index is 0.000000191. The van der Waals surface area contributed by atoms with Gasteiger partial charge in [-0.3, -0.25) is 9.97 Å². The highest BCUT2D eigenvalue weighted by Gasteiger charge is 2.31.